The number of rotatable bonds is 2. The van der Waals surface area contributed by atoms with Crippen LogP contribution in [0.2, 0.25) is 5.02 Å². The first-order chi connectivity index (χ1) is 9.24. The van der Waals surface area contributed by atoms with E-state index in [2.05, 4.69) is 10.3 Å². The fourth-order valence-corrected chi connectivity index (χ4v) is 2.78. The number of hydrogen-bond donors (Lipinski definition) is 2. The van der Waals surface area contributed by atoms with Crippen LogP contribution in [0.15, 0.2) is 36.7 Å². The molecular weight excluding hydrogens is 260 g/mol. The predicted molar refractivity (Wildman–Crippen MR) is 76.7 cm³/mol. The van der Waals surface area contributed by atoms with E-state index >= 15 is 0 Å². The second kappa shape index (κ2) is 5.10. The Kier molecular flexibility index (Phi) is 3.30. The third-order valence-corrected chi connectivity index (χ3v) is 3.87. The number of aromatic nitrogens is 1. The van der Waals surface area contributed by atoms with Crippen molar-refractivity contribution in [3.63, 3.8) is 0 Å². The summed E-state index contributed by atoms with van der Waals surface area (Å²) in [5.41, 5.74) is 3.31. The van der Waals surface area contributed by atoms with E-state index < -0.39 is 0 Å². The fourth-order valence-electron chi connectivity index (χ4n) is 2.62. The van der Waals surface area contributed by atoms with Crippen LogP contribution in [-0.4, -0.2) is 10.1 Å². The number of halogens is 1. The molecule has 1 aliphatic carbocycles. The minimum atomic E-state index is 0.228. The van der Waals surface area contributed by atoms with Crippen LogP contribution in [0.25, 0.3) is 0 Å². The lowest BCUT2D eigenvalue weighted by atomic mass is 9.87. The van der Waals surface area contributed by atoms with Gasteiger partial charge in [-0.25, -0.2) is 0 Å². The van der Waals surface area contributed by atoms with Gasteiger partial charge in [-0.2, -0.15) is 0 Å². The van der Waals surface area contributed by atoms with Crippen molar-refractivity contribution in [2.75, 3.05) is 5.32 Å². The van der Waals surface area contributed by atoms with Crippen LogP contribution in [0.5, 0.6) is 5.75 Å². The summed E-state index contributed by atoms with van der Waals surface area (Å²) >= 11 is 6.15. The van der Waals surface area contributed by atoms with Crippen LogP contribution in [-0.2, 0) is 6.42 Å². The number of pyridine rings is 1. The van der Waals surface area contributed by atoms with Gasteiger partial charge in [-0.1, -0.05) is 17.7 Å². The number of aryl methyl sites for hydroxylation is 1. The molecule has 1 aliphatic rings. The molecule has 1 aromatic heterocycles. The number of phenolic OH excluding ortho intramolecular Hbond substituents is 1. The van der Waals surface area contributed by atoms with Crippen molar-refractivity contribution in [1.29, 1.82) is 0 Å². The normalized spacial score (nSPS) is 17.8. The number of nitrogens with one attached hydrogen (secondary N) is 1. The van der Waals surface area contributed by atoms with Gasteiger partial charge in [-0.3, -0.25) is 4.98 Å². The van der Waals surface area contributed by atoms with Crippen molar-refractivity contribution in [3.8, 4) is 5.75 Å². The third-order valence-electron chi connectivity index (χ3n) is 3.54. The van der Waals surface area contributed by atoms with E-state index in [4.69, 9.17) is 11.6 Å². The Bertz CT molecular complexity index is 600. The van der Waals surface area contributed by atoms with E-state index in [1.54, 1.807) is 24.5 Å². The average Bonchev–Trinajstić information content (AvgIpc) is 2.41. The molecule has 2 aromatic rings. The second-order valence-corrected chi connectivity index (χ2v) is 5.23. The minimum absolute atomic E-state index is 0.228. The molecule has 3 rings (SSSR count). The van der Waals surface area contributed by atoms with Gasteiger partial charge in [-0.15, -0.1) is 0 Å². The second-order valence-electron chi connectivity index (χ2n) is 4.83. The Morgan fingerprint density at radius 1 is 1.32 bits per heavy atom. The number of aromatic hydroxyl groups is 1. The third kappa shape index (κ3) is 2.51. The number of hydrogen-bond acceptors (Lipinski definition) is 3. The molecule has 19 heavy (non-hydrogen) atoms. The molecule has 0 fully saturated rings. The van der Waals surface area contributed by atoms with Crippen molar-refractivity contribution in [2.24, 2.45) is 0 Å². The Morgan fingerprint density at radius 2 is 2.21 bits per heavy atom. The summed E-state index contributed by atoms with van der Waals surface area (Å²) in [6, 6.07) is 7.60. The van der Waals surface area contributed by atoms with E-state index in [9.17, 15) is 5.11 Å². The van der Waals surface area contributed by atoms with Crippen molar-refractivity contribution in [2.45, 2.75) is 25.3 Å². The van der Waals surface area contributed by atoms with Gasteiger partial charge in [0.25, 0.3) is 0 Å². The van der Waals surface area contributed by atoms with Crippen LogP contribution in [0.1, 0.15) is 30.0 Å². The lowest BCUT2D eigenvalue weighted by Crippen LogP contribution is -2.17. The highest BCUT2D eigenvalue weighted by atomic mass is 35.5. The number of fused-ring (bicyclic) bond motifs is 1. The van der Waals surface area contributed by atoms with Crippen molar-refractivity contribution in [1.82, 2.24) is 4.98 Å². The molecule has 1 heterocycles. The van der Waals surface area contributed by atoms with Gasteiger partial charge in [0.2, 0.25) is 0 Å². The van der Waals surface area contributed by atoms with E-state index in [-0.39, 0.29) is 6.04 Å². The summed E-state index contributed by atoms with van der Waals surface area (Å²) in [7, 11) is 0. The van der Waals surface area contributed by atoms with Crippen molar-refractivity contribution >= 4 is 17.3 Å². The van der Waals surface area contributed by atoms with E-state index in [0.717, 1.165) is 24.9 Å². The smallest absolute Gasteiger partial charge is 0.115 e. The molecule has 1 atom stereocenters. The molecule has 0 bridgehead atoms. The molecular formula is C15H15ClN2O. The molecule has 1 aromatic carbocycles. The zero-order valence-electron chi connectivity index (χ0n) is 10.4. The van der Waals surface area contributed by atoms with Crippen molar-refractivity contribution in [3.05, 3.63) is 52.8 Å². The molecule has 0 radical (unpaired) electrons. The highest BCUT2D eigenvalue weighted by Crippen LogP contribution is 2.35. The van der Waals surface area contributed by atoms with E-state index in [1.165, 1.54) is 11.1 Å². The highest BCUT2D eigenvalue weighted by molar-refractivity contribution is 6.33. The standard InChI is InChI=1S/C15H15ClN2O/c16-13-6-7-17-9-15(13)18-14-3-1-2-10-8-11(19)4-5-12(10)14/h4-9,14,18-19H,1-3H2. The zero-order valence-corrected chi connectivity index (χ0v) is 11.2. The summed E-state index contributed by atoms with van der Waals surface area (Å²) in [5.74, 6) is 0.332. The Labute approximate surface area is 117 Å². The molecule has 0 amide bonds. The molecule has 98 valence electrons. The summed E-state index contributed by atoms with van der Waals surface area (Å²) < 4.78 is 0. The maximum atomic E-state index is 9.56. The molecule has 4 heteroatoms. The maximum Gasteiger partial charge on any atom is 0.115 e. The number of nitrogens with zero attached hydrogens (tertiary/aromatic N) is 1. The number of phenols is 1. The molecule has 1 unspecified atom stereocenters. The van der Waals surface area contributed by atoms with E-state index in [0.29, 0.717) is 10.8 Å². The van der Waals surface area contributed by atoms with Gasteiger partial charge in [0.1, 0.15) is 5.75 Å². The molecule has 0 saturated heterocycles. The number of benzene rings is 1. The fraction of sp³-hybridized carbons (Fsp3) is 0.267. The lowest BCUT2D eigenvalue weighted by molar-refractivity contribution is 0.472. The average molecular weight is 275 g/mol. The first-order valence-electron chi connectivity index (χ1n) is 6.42. The summed E-state index contributed by atoms with van der Waals surface area (Å²) in [6.07, 6.45) is 6.61. The minimum Gasteiger partial charge on any atom is -0.508 e. The SMILES string of the molecule is Oc1ccc2c(c1)CCCC2Nc1cnccc1Cl. The van der Waals surface area contributed by atoms with Crippen LogP contribution >= 0.6 is 11.6 Å². The lowest BCUT2D eigenvalue weighted by Gasteiger charge is -2.27. The molecule has 0 spiro atoms. The van der Waals surface area contributed by atoms with Gasteiger partial charge in [0.05, 0.1) is 22.9 Å². The van der Waals surface area contributed by atoms with Gasteiger partial charge in [0, 0.05) is 6.20 Å². The largest absolute Gasteiger partial charge is 0.508 e. The van der Waals surface area contributed by atoms with Crippen molar-refractivity contribution < 1.29 is 5.11 Å². The molecule has 0 saturated carbocycles. The van der Waals surface area contributed by atoms with Gasteiger partial charge in [-0.05, 0) is 48.6 Å². The molecule has 2 N–H and O–H groups in total. The highest BCUT2D eigenvalue weighted by Gasteiger charge is 2.20. The van der Waals surface area contributed by atoms with Gasteiger partial charge >= 0.3 is 0 Å². The zero-order chi connectivity index (χ0) is 13.2. The van der Waals surface area contributed by atoms with Crippen LogP contribution in [0.4, 0.5) is 5.69 Å². The Morgan fingerprint density at radius 3 is 3.05 bits per heavy atom. The van der Waals surface area contributed by atoms with E-state index in [1.807, 2.05) is 12.1 Å². The first-order valence-corrected chi connectivity index (χ1v) is 6.79. The molecule has 3 nitrogen and oxygen atoms in total. The van der Waals surface area contributed by atoms with Crippen LogP contribution in [0.3, 0.4) is 0 Å². The van der Waals surface area contributed by atoms with Crippen LogP contribution < -0.4 is 5.32 Å². The Hall–Kier alpha value is -1.74. The predicted octanol–water partition coefficient (Wildman–Crippen LogP) is 3.93. The summed E-state index contributed by atoms with van der Waals surface area (Å²) in [5, 5.41) is 13.7. The topological polar surface area (TPSA) is 45.1 Å². The van der Waals surface area contributed by atoms with Gasteiger partial charge in [0.15, 0.2) is 0 Å². The maximum absolute atomic E-state index is 9.56. The van der Waals surface area contributed by atoms with Crippen LogP contribution in [0, 0.1) is 0 Å². The quantitative estimate of drug-likeness (QED) is 0.872. The number of anilines is 1. The monoisotopic (exact) mass is 274 g/mol. The Balaban J connectivity index is 1.90. The first kappa shape index (κ1) is 12.3. The molecule has 0 aliphatic heterocycles. The summed E-state index contributed by atoms with van der Waals surface area (Å²) in [4.78, 5) is 4.09. The van der Waals surface area contributed by atoms with Gasteiger partial charge < -0.3 is 10.4 Å². The summed E-state index contributed by atoms with van der Waals surface area (Å²) in [6.45, 7) is 0.